The summed E-state index contributed by atoms with van der Waals surface area (Å²) in [5, 5.41) is 2.79. The molecule has 0 spiro atoms. The largest absolute Gasteiger partial charge is 0.354 e. The SMILES string of the molecule is CCC1(N(C)C)CCN(C2=NC(Cc3cc(C(C)C)nc(C(C)(F)F)n3)CCc3cc(NC(C)=O)ncc32)C1. The number of aromatic nitrogens is 3. The molecule has 1 fully saturated rings. The van der Waals surface area contributed by atoms with Crippen molar-refractivity contribution in [1.82, 2.24) is 24.8 Å². The number of aliphatic imine (C=N–C) groups is 1. The monoisotopic (exact) mass is 541 g/mol. The van der Waals surface area contributed by atoms with Crippen LogP contribution < -0.4 is 5.32 Å². The number of nitrogens with zero attached hydrogens (tertiary/aromatic N) is 6. The number of halogens is 2. The highest BCUT2D eigenvalue weighted by atomic mass is 19.3. The van der Waals surface area contributed by atoms with Crippen LogP contribution in [0, 0.1) is 0 Å². The van der Waals surface area contributed by atoms with Gasteiger partial charge in [-0.3, -0.25) is 9.79 Å². The summed E-state index contributed by atoms with van der Waals surface area (Å²) in [7, 11) is 4.25. The van der Waals surface area contributed by atoms with Gasteiger partial charge in [-0.15, -0.1) is 0 Å². The Morgan fingerprint density at radius 3 is 2.62 bits per heavy atom. The van der Waals surface area contributed by atoms with E-state index in [9.17, 15) is 13.6 Å². The highest BCUT2D eigenvalue weighted by Crippen LogP contribution is 2.33. The Balaban J connectivity index is 1.73. The van der Waals surface area contributed by atoms with Crippen LogP contribution in [0.1, 0.15) is 88.1 Å². The van der Waals surface area contributed by atoms with E-state index in [0.29, 0.717) is 23.6 Å². The van der Waals surface area contributed by atoms with Crippen LogP contribution in [0.25, 0.3) is 0 Å². The van der Waals surface area contributed by atoms with Gasteiger partial charge < -0.3 is 15.1 Å². The van der Waals surface area contributed by atoms with E-state index < -0.39 is 11.7 Å². The van der Waals surface area contributed by atoms with Crippen LogP contribution in [0.5, 0.6) is 0 Å². The number of pyridine rings is 1. The van der Waals surface area contributed by atoms with E-state index in [0.717, 1.165) is 62.7 Å². The van der Waals surface area contributed by atoms with Gasteiger partial charge in [0, 0.05) is 62.0 Å². The van der Waals surface area contributed by atoms with Crippen molar-refractivity contribution in [2.75, 3.05) is 32.5 Å². The number of carbonyl (C=O) groups excluding carboxylic acids is 1. The van der Waals surface area contributed by atoms with Gasteiger partial charge in [-0.2, -0.15) is 8.78 Å². The molecule has 8 nitrogen and oxygen atoms in total. The molecule has 1 saturated heterocycles. The Morgan fingerprint density at radius 2 is 2.03 bits per heavy atom. The average Bonchev–Trinajstić information content (AvgIpc) is 3.23. The zero-order chi connectivity index (χ0) is 28.5. The number of alkyl halides is 2. The van der Waals surface area contributed by atoms with E-state index >= 15 is 0 Å². The van der Waals surface area contributed by atoms with Crippen LogP contribution in [-0.4, -0.2) is 75.3 Å². The third kappa shape index (κ3) is 6.42. The Morgan fingerprint density at radius 1 is 1.28 bits per heavy atom. The molecule has 1 amide bonds. The number of nitrogens with one attached hydrogen (secondary N) is 1. The summed E-state index contributed by atoms with van der Waals surface area (Å²) in [6, 6.07) is 3.62. The molecule has 212 valence electrons. The van der Waals surface area contributed by atoms with E-state index in [1.165, 1.54) is 6.92 Å². The molecule has 2 aliphatic rings. The molecule has 2 aliphatic heterocycles. The highest BCUT2D eigenvalue weighted by molar-refractivity contribution is 6.01. The van der Waals surface area contributed by atoms with Crippen molar-refractivity contribution < 1.29 is 13.6 Å². The topological polar surface area (TPSA) is 86.6 Å². The molecule has 4 heterocycles. The standard InChI is InChI=1S/C29H41F2N7O/c1-8-29(37(6)7)11-12-38(17-29)26-23-16-32-25(33-19(4)39)13-20(23)9-10-21(34-26)14-22-15-24(18(2)3)36-27(35-22)28(5,30)31/h13,15-16,18,21H,8-12,14,17H2,1-7H3,(H,32,33,39). The molecule has 2 unspecified atom stereocenters. The van der Waals surface area contributed by atoms with E-state index in [2.05, 4.69) is 51.1 Å². The van der Waals surface area contributed by atoms with Gasteiger partial charge in [-0.25, -0.2) is 15.0 Å². The number of hydrogen-bond acceptors (Lipinski definition) is 7. The van der Waals surface area contributed by atoms with E-state index in [4.69, 9.17) is 4.99 Å². The smallest absolute Gasteiger partial charge is 0.303 e. The third-order valence-electron chi connectivity index (χ3n) is 8.05. The van der Waals surface area contributed by atoms with Crippen LogP contribution in [0.4, 0.5) is 14.6 Å². The number of anilines is 1. The van der Waals surface area contributed by atoms with Crippen LogP contribution in [0.3, 0.4) is 0 Å². The van der Waals surface area contributed by atoms with Crippen LogP contribution in [-0.2, 0) is 23.6 Å². The van der Waals surface area contributed by atoms with Gasteiger partial charge in [0.1, 0.15) is 11.7 Å². The number of carbonyl (C=O) groups is 1. The Kier molecular flexibility index (Phi) is 8.35. The summed E-state index contributed by atoms with van der Waals surface area (Å²) in [5.74, 6) is -2.33. The maximum absolute atomic E-state index is 14.3. The second kappa shape index (κ2) is 11.2. The fraction of sp³-hybridized carbons (Fsp3) is 0.621. The van der Waals surface area contributed by atoms with E-state index in [1.54, 1.807) is 6.20 Å². The minimum absolute atomic E-state index is 0.00127. The van der Waals surface area contributed by atoms with Crippen molar-refractivity contribution in [3.63, 3.8) is 0 Å². The molecule has 10 heteroatoms. The van der Waals surface area contributed by atoms with E-state index in [1.807, 2.05) is 26.0 Å². The second-order valence-electron chi connectivity index (χ2n) is 11.6. The summed E-state index contributed by atoms with van der Waals surface area (Å²) in [4.78, 5) is 34.5. The molecule has 2 aromatic rings. The first-order chi connectivity index (χ1) is 18.3. The van der Waals surface area contributed by atoms with Gasteiger partial charge in [0.2, 0.25) is 5.91 Å². The fourth-order valence-corrected chi connectivity index (χ4v) is 5.55. The lowest BCUT2D eigenvalue weighted by Gasteiger charge is -2.36. The fourth-order valence-electron chi connectivity index (χ4n) is 5.55. The number of aryl methyl sites for hydroxylation is 1. The maximum Gasteiger partial charge on any atom is 0.303 e. The molecule has 0 radical (unpaired) electrons. The number of fused-ring (bicyclic) bond motifs is 1. The lowest BCUT2D eigenvalue weighted by atomic mass is 9.94. The lowest BCUT2D eigenvalue weighted by molar-refractivity contribution is -0.114. The molecule has 0 aliphatic carbocycles. The lowest BCUT2D eigenvalue weighted by Crippen LogP contribution is -2.47. The number of amides is 1. The number of hydrogen-bond donors (Lipinski definition) is 1. The number of likely N-dealkylation sites (tertiary alicyclic amines) is 1. The summed E-state index contributed by atoms with van der Waals surface area (Å²) < 4.78 is 28.5. The summed E-state index contributed by atoms with van der Waals surface area (Å²) in [6.45, 7) is 10.1. The molecule has 2 aromatic heterocycles. The Hall–Kier alpha value is -3.01. The van der Waals surface area contributed by atoms with Crippen LogP contribution in [0.15, 0.2) is 23.3 Å². The molecular formula is C29H41F2N7O. The maximum atomic E-state index is 14.3. The second-order valence-corrected chi connectivity index (χ2v) is 11.6. The zero-order valence-corrected chi connectivity index (χ0v) is 24.2. The average molecular weight is 542 g/mol. The molecule has 1 N–H and O–H groups in total. The summed E-state index contributed by atoms with van der Waals surface area (Å²) in [5.41, 5.74) is 3.27. The van der Waals surface area contributed by atoms with Crippen LogP contribution in [0.2, 0.25) is 0 Å². The normalized spacial score (nSPS) is 21.7. The minimum Gasteiger partial charge on any atom is -0.354 e. The van der Waals surface area contributed by atoms with Crippen molar-refractivity contribution in [2.45, 2.75) is 90.1 Å². The predicted octanol–water partition coefficient (Wildman–Crippen LogP) is 4.79. The highest BCUT2D eigenvalue weighted by Gasteiger charge is 2.40. The van der Waals surface area contributed by atoms with Gasteiger partial charge >= 0.3 is 5.92 Å². The van der Waals surface area contributed by atoms with Crippen molar-refractivity contribution in [3.8, 4) is 0 Å². The van der Waals surface area contributed by atoms with Gasteiger partial charge in [0.15, 0.2) is 5.82 Å². The number of likely N-dealkylation sites (N-methyl/N-ethyl adjacent to an activating group) is 1. The van der Waals surface area contributed by atoms with Crippen LogP contribution >= 0.6 is 0 Å². The predicted molar refractivity (Wildman–Crippen MR) is 149 cm³/mol. The Bertz CT molecular complexity index is 1240. The van der Waals surface area contributed by atoms with Crippen molar-refractivity contribution >= 4 is 17.6 Å². The molecule has 0 aromatic carbocycles. The Labute approximate surface area is 230 Å². The minimum atomic E-state index is -3.12. The van der Waals surface area contributed by atoms with E-state index in [-0.39, 0.29) is 23.4 Å². The molecule has 0 bridgehead atoms. The molecule has 39 heavy (non-hydrogen) atoms. The number of rotatable bonds is 7. The van der Waals surface area contributed by atoms with Crippen molar-refractivity contribution in [3.05, 3.63) is 46.7 Å². The molecule has 4 rings (SSSR count). The molecule has 0 saturated carbocycles. The van der Waals surface area contributed by atoms with Gasteiger partial charge in [-0.1, -0.05) is 20.8 Å². The van der Waals surface area contributed by atoms with Crippen molar-refractivity contribution in [1.29, 1.82) is 0 Å². The first kappa shape index (κ1) is 29.0. The summed E-state index contributed by atoms with van der Waals surface area (Å²) in [6.07, 6.45) is 5.73. The van der Waals surface area contributed by atoms with Crippen molar-refractivity contribution in [2.24, 2.45) is 4.99 Å². The molecular weight excluding hydrogens is 500 g/mol. The van der Waals surface area contributed by atoms with Gasteiger partial charge in [-0.05, 0) is 63.4 Å². The first-order valence-corrected chi connectivity index (χ1v) is 13.8. The molecule has 2 atom stereocenters. The third-order valence-corrected chi connectivity index (χ3v) is 8.05. The first-order valence-electron chi connectivity index (χ1n) is 13.8. The summed E-state index contributed by atoms with van der Waals surface area (Å²) >= 11 is 0. The van der Waals surface area contributed by atoms with Gasteiger partial charge in [0.05, 0.1) is 6.04 Å². The van der Waals surface area contributed by atoms with Gasteiger partial charge in [0.25, 0.3) is 0 Å². The zero-order valence-electron chi connectivity index (χ0n) is 24.2. The number of amidine groups is 1. The quantitative estimate of drug-likeness (QED) is 0.543.